The largest absolute Gasteiger partial charge is 0.331 e. The zero-order valence-corrected chi connectivity index (χ0v) is 11.1. The number of hydrogen-bond donors (Lipinski definition) is 0. The molecule has 20 heavy (non-hydrogen) atoms. The summed E-state index contributed by atoms with van der Waals surface area (Å²) in [5.74, 6) is 1.64. The third-order valence-electron chi connectivity index (χ3n) is 4.09. The number of rotatable bonds is 1. The first-order valence-corrected chi connectivity index (χ1v) is 6.79. The molecule has 7 nitrogen and oxygen atoms in total. The van der Waals surface area contributed by atoms with Crippen molar-refractivity contribution in [3.63, 3.8) is 0 Å². The van der Waals surface area contributed by atoms with Gasteiger partial charge in [0, 0.05) is 18.9 Å². The average molecular weight is 270 g/mol. The summed E-state index contributed by atoms with van der Waals surface area (Å²) >= 11 is 0. The van der Waals surface area contributed by atoms with Gasteiger partial charge < -0.3 is 4.90 Å². The van der Waals surface area contributed by atoms with Gasteiger partial charge in [0.15, 0.2) is 11.6 Å². The van der Waals surface area contributed by atoms with E-state index in [4.69, 9.17) is 0 Å². The molecule has 2 aromatic rings. The van der Waals surface area contributed by atoms with Crippen molar-refractivity contribution in [1.82, 2.24) is 29.6 Å². The highest BCUT2D eigenvalue weighted by Gasteiger charge is 2.42. The molecule has 1 saturated heterocycles. The Morgan fingerprint density at radius 2 is 2.20 bits per heavy atom. The molecule has 2 aromatic heterocycles. The fraction of sp³-hybridized carbons (Fsp3) is 0.462. The molecular formula is C13H14N6O. The van der Waals surface area contributed by atoms with Crippen molar-refractivity contribution in [1.29, 1.82) is 0 Å². The lowest BCUT2D eigenvalue weighted by molar-refractivity contribution is -0.137. The average Bonchev–Trinajstić information content (AvgIpc) is 3.12. The van der Waals surface area contributed by atoms with Gasteiger partial charge in [-0.15, -0.1) is 10.2 Å². The standard InChI is InChI=1S/C13H14N6O/c1-8-13(20)18-6-2-3-10(18)12-17-16-11(19(8)12)9-7-14-4-5-15-9/h4-5,7-8,10H,2-3,6H2,1H3/t8-,10+/m0/s1. The maximum Gasteiger partial charge on any atom is 0.246 e. The summed E-state index contributed by atoms with van der Waals surface area (Å²) < 4.78 is 1.92. The number of nitrogens with zero attached hydrogens (tertiary/aromatic N) is 6. The molecule has 2 aliphatic heterocycles. The van der Waals surface area contributed by atoms with E-state index in [1.54, 1.807) is 18.6 Å². The second-order valence-electron chi connectivity index (χ2n) is 5.21. The van der Waals surface area contributed by atoms with Crippen LogP contribution >= 0.6 is 0 Å². The Bertz CT molecular complexity index is 667. The van der Waals surface area contributed by atoms with Crippen LogP contribution in [0.1, 0.15) is 37.7 Å². The molecule has 0 bridgehead atoms. The van der Waals surface area contributed by atoms with Crippen molar-refractivity contribution in [2.75, 3.05) is 6.54 Å². The van der Waals surface area contributed by atoms with Crippen molar-refractivity contribution >= 4 is 5.91 Å². The maximum atomic E-state index is 12.5. The van der Waals surface area contributed by atoms with E-state index in [-0.39, 0.29) is 18.0 Å². The predicted octanol–water partition coefficient (Wildman–Crippen LogP) is 0.973. The number of fused-ring (bicyclic) bond motifs is 3. The maximum absolute atomic E-state index is 12.5. The number of carbonyl (C=O) groups excluding carboxylic acids is 1. The van der Waals surface area contributed by atoms with Crippen LogP contribution in [-0.4, -0.2) is 42.1 Å². The molecule has 0 radical (unpaired) electrons. The van der Waals surface area contributed by atoms with Crippen LogP contribution in [0.25, 0.3) is 11.5 Å². The number of aromatic nitrogens is 5. The van der Waals surface area contributed by atoms with Crippen LogP contribution < -0.4 is 0 Å². The first-order chi connectivity index (χ1) is 9.77. The molecule has 102 valence electrons. The van der Waals surface area contributed by atoms with Gasteiger partial charge in [-0.2, -0.15) is 0 Å². The second-order valence-corrected chi connectivity index (χ2v) is 5.21. The van der Waals surface area contributed by atoms with Gasteiger partial charge >= 0.3 is 0 Å². The van der Waals surface area contributed by atoms with E-state index >= 15 is 0 Å². The summed E-state index contributed by atoms with van der Waals surface area (Å²) in [6.07, 6.45) is 6.86. The SMILES string of the molecule is C[C@H]1C(=O)N2CCC[C@@H]2c2nnc(-c3cnccn3)n21. The topological polar surface area (TPSA) is 76.8 Å². The quantitative estimate of drug-likeness (QED) is 0.771. The molecule has 4 heterocycles. The van der Waals surface area contributed by atoms with Gasteiger partial charge in [-0.25, -0.2) is 4.98 Å². The van der Waals surface area contributed by atoms with Crippen LogP contribution in [0.4, 0.5) is 0 Å². The zero-order chi connectivity index (χ0) is 13.7. The minimum Gasteiger partial charge on any atom is -0.331 e. The lowest BCUT2D eigenvalue weighted by Crippen LogP contribution is -2.42. The van der Waals surface area contributed by atoms with Gasteiger partial charge in [0.25, 0.3) is 0 Å². The van der Waals surface area contributed by atoms with E-state index in [0.717, 1.165) is 25.2 Å². The normalized spacial score (nSPS) is 24.6. The molecule has 0 N–H and O–H groups in total. The molecule has 0 unspecified atom stereocenters. The number of amides is 1. The summed E-state index contributed by atoms with van der Waals surface area (Å²) in [6.45, 7) is 2.71. The van der Waals surface area contributed by atoms with E-state index in [9.17, 15) is 4.79 Å². The van der Waals surface area contributed by atoms with E-state index in [0.29, 0.717) is 11.5 Å². The molecular weight excluding hydrogens is 256 g/mol. The fourth-order valence-corrected chi connectivity index (χ4v) is 3.15. The van der Waals surface area contributed by atoms with Crippen LogP contribution in [0.15, 0.2) is 18.6 Å². The van der Waals surface area contributed by atoms with Gasteiger partial charge in [-0.3, -0.25) is 14.3 Å². The van der Waals surface area contributed by atoms with Crippen LogP contribution in [0.3, 0.4) is 0 Å². The van der Waals surface area contributed by atoms with E-state index in [1.165, 1.54) is 0 Å². The molecule has 4 rings (SSSR count). The molecule has 1 amide bonds. The molecule has 1 fully saturated rings. The van der Waals surface area contributed by atoms with Crippen molar-refractivity contribution in [2.45, 2.75) is 31.8 Å². The van der Waals surface area contributed by atoms with Crippen LogP contribution in [0.2, 0.25) is 0 Å². The monoisotopic (exact) mass is 270 g/mol. The van der Waals surface area contributed by atoms with Crippen molar-refractivity contribution in [3.8, 4) is 11.5 Å². The molecule has 0 saturated carbocycles. The summed E-state index contributed by atoms with van der Waals surface area (Å²) in [7, 11) is 0. The first-order valence-electron chi connectivity index (χ1n) is 6.79. The van der Waals surface area contributed by atoms with Crippen LogP contribution in [-0.2, 0) is 4.79 Å². The summed E-state index contributed by atoms with van der Waals surface area (Å²) in [6, 6.07) is -0.219. The minimum absolute atomic E-state index is 0.0663. The highest BCUT2D eigenvalue weighted by atomic mass is 16.2. The third-order valence-corrected chi connectivity index (χ3v) is 4.09. The summed E-state index contributed by atoms with van der Waals surface area (Å²) in [5, 5.41) is 8.56. The third kappa shape index (κ3) is 1.43. The first kappa shape index (κ1) is 11.5. The number of hydrogen-bond acceptors (Lipinski definition) is 5. The lowest BCUT2D eigenvalue weighted by atomic mass is 10.1. The Kier molecular flexibility index (Phi) is 2.35. The number of carbonyl (C=O) groups is 1. The van der Waals surface area contributed by atoms with Gasteiger partial charge in [0.1, 0.15) is 11.7 Å². The molecule has 0 aliphatic carbocycles. The predicted molar refractivity (Wildman–Crippen MR) is 69.4 cm³/mol. The summed E-state index contributed by atoms with van der Waals surface area (Å²) in [4.78, 5) is 22.7. The molecule has 2 atom stereocenters. The smallest absolute Gasteiger partial charge is 0.246 e. The molecule has 0 spiro atoms. The van der Waals surface area contributed by atoms with Crippen molar-refractivity contribution in [2.24, 2.45) is 0 Å². The van der Waals surface area contributed by atoms with E-state index < -0.39 is 0 Å². The Morgan fingerprint density at radius 3 is 3.00 bits per heavy atom. The van der Waals surface area contributed by atoms with Gasteiger partial charge in [-0.05, 0) is 19.8 Å². The van der Waals surface area contributed by atoms with Crippen LogP contribution in [0.5, 0.6) is 0 Å². The highest BCUT2D eigenvalue weighted by Crippen LogP contribution is 2.39. The van der Waals surface area contributed by atoms with E-state index in [2.05, 4.69) is 20.2 Å². The van der Waals surface area contributed by atoms with Gasteiger partial charge in [-0.1, -0.05) is 0 Å². The van der Waals surface area contributed by atoms with Gasteiger partial charge in [0.2, 0.25) is 5.91 Å². The van der Waals surface area contributed by atoms with E-state index in [1.807, 2.05) is 16.4 Å². The Labute approximate surface area is 115 Å². The summed E-state index contributed by atoms with van der Waals surface area (Å²) in [5.41, 5.74) is 0.650. The fourth-order valence-electron chi connectivity index (χ4n) is 3.15. The lowest BCUT2D eigenvalue weighted by Gasteiger charge is -2.34. The minimum atomic E-state index is -0.286. The van der Waals surface area contributed by atoms with Crippen molar-refractivity contribution in [3.05, 3.63) is 24.4 Å². The van der Waals surface area contributed by atoms with Crippen molar-refractivity contribution < 1.29 is 4.79 Å². The highest BCUT2D eigenvalue weighted by molar-refractivity contribution is 5.82. The Morgan fingerprint density at radius 1 is 1.30 bits per heavy atom. The Balaban J connectivity index is 1.89. The second kappa shape index (κ2) is 4.09. The molecule has 2 aliphatic rings. The Hall–Kier alpha value is -2.31. The zero-order valence-electron chi connectivity index (χ0n) is 11.1. The molecule has 7 heteroatoms. The molecule has 0 aromatic carbocycles. The van der Waals surface area contributed by atoms with Gasteiger partial charge in [0.05, 0.1) is 12.2 Å². The van der Waals surface area contributed by atoms with Crippen LogP contribution in [0, 0.1) is 0 Å².